The summed E-state index contributed by atoms with van der Waals surface area (Å²) in [6.07, 6.45) is 0. The SMILES string of the molecule is CNCc1cc(CN(C)C)cs1. The molecular weight excluding hydrogens is 168 g/mol. The highest BCUT2D eigenvalue weighted by atomic mass is 32.1. The van der Waals surface area contributed by atoms with Crippen LogP contribution < -0.4 is 5.32 Å². The average molecular weight is 184 g/mol. The number of hydrogen-bond acceptors (Lipinski definition) is 3. The number of rotatable bonds is 4. The van der Waals surface area contributed by atoms with Crippen molar-refractivity contribution < 1.29 is 0 Å². The number of hydrogen-bond donors (Lipinski definition) is 1. The molecule has 0 atom stereocenters. The van der Waals surface area contributed by atoms with E-state index in [0.29, 0.717) is 0 Å². The number of thiophene rings is 1. The smallest absolute Gasteiger partial charge is 0.0296 e. The van der Waals surface area contributed by atoms with Crippen molar-refractivity contribution in [2.75, 3.05) is 21.1 Å². The third-order valence-electron chi connectivity index (χ3n) is 1.56. The predicted octanol–water partition coefficient (Wildman–Crippen LogP) is 1.53. The van der Waals surface area contributed by atoms with E-state index < -0.39 is 0 Å². The molecule has 1 aromatic heterocycles. The number of nitrogens with one attached hydrogen (secondary N) is 1. The summed E-state index contributed by atoms with van der Waals surface area (Å²) < 4.78 is 0. The molecule has 1 N–H and O–H groups in total. The molecule has 1 rings (SSSR count). The topological polar surface area (TPSA) is 15.3 Å². The molecule has 2 nitrogen and oxygen atoms in total. The standard InChI is InChI=1S/C9H16N2S/c1-10-5-9-4-8(7-12-9)6-11(2)3/h4,7,10H,5-6H2,1-3H3. The van der Waals surface area contributed by atoms with E-state index in [4.69, 9.17) is 0 Å². The van der Waals surface area contributed by atoms with E-state index in [2.05, 4.69) is 35.8 Å². The molecule has 0 aromatic carbocycles. The van der Waals surface area contributed by atoms with Crippen molar-refractivity contribution in [3.8, 4) is 0 Å². The van der Waals surface area contributed by atoms with Gasteiger partial charge in [-0.2, -0.15) is 0 Å². The van der Waals surface area contributed by atoms with Crippen LogP contribution in [0.1, 0.15) is 10.4 Å². The zero-order valence-corrected chi connectivity index (χ0v) is 8.74. The van der Waals surface area contributed by atoms with Crippen molar-refractivity contribution in [1.29, 1.82) is 0 Å². The van der Waals surface area contributed by atoms with Gasteiger partial charge in [-0.1, -0.05) is 0 Å². The van der Waals surface area contributed by atoms with E-state index in [9.17, 15) is 0 Å². The first-order valence-corrected chi connectivity index (χ1v) is 4.96. The zero-order valence-electron chi connectivity index (χ0n) is 7.92. The van der Waals surface area contributed by atoms with Crippen molar-refractivity contribution in [2.45, 2.75) is 13.1 Å². The fraction of sp³-hybridized carbons (Fsp3) is 0.556. The molecule has 0 aliphatic heterocycles. The van der Waals surface area contributed by atoms with Crippen molar-refractivity contribution in [3.63, 3.8) is 0 Å². The largest absolute Gasteiger partial charge is 0.315 e. The molecule has 0 saturated carbocycles. The molecule has 3 heteroatoms. The summed E-state index contributed by atoms with van der Waals surface area (Å²) in [6, 6.07) is 2.27. The van der Waals surface area contributed by atoms with Gasteiger partial charge in [-0.3, -0.25) is 0 Å². The van der Waals surface area contributed by atoms with Gasteiger partial charge in [-0.05, 0) is 38.2 Å². The second kappa shape index (κ2) is 4.60. The Labute approximate surface area is 78.2 Å². The quantitative estimate of drug-likeness (QED) is 0.763. The van der Waals surface area contributed by atoms with Crippen molar-refractivity contribution in [2.24, 2.45) is 0 Å². The predicted molar refractivity (Wildman–Crippen MR) is 54.5 cm³/mol. The lowest BCUT2D eigenvalue weighted by Gasteiger charge is -2.06. The van der Waals surface area contributed by atoms with Gasteiger partial charge in [-0.25, -0.2) is 0 Å². The lowest BCUT2D eigenvalue weighted by molar-refractivity contribution is 0.403. The third-order valence-corrected chi connectivity index (χ3v) is 2.54. The maximum absolute atomic E-state index is 3.15. The molecule has 0 radical (unpaired) electrons. The Kier molecular flexibility index (Phi) is 3.72. The summed E-state index contributed by atoms with van der Waals surface area (Å²) in [5.74, 6) is 0. The summed E-state index contributed by atoms with van der Waals surface area (Å²) in [6.45, 7) is 2.03. The minimum Gasteiger partial charge on any atom is -0.315 e. The Balaban J connectivity index is 2.52. The van der Waals surface area contributed by atoms with Crippen LogP contribution in [0.4, 0.5) is 0 Å². The summed E-state index contributed by atoms with van der Waals surface area (Å²) in [5.41, 5.74) is 1.41. The molecule has 0 aliphatic carbocycles. The molecule has 12 heavy (non-hydrogen) atoms. The molecule has 0 amide bonds. The molecular formula is C9H16N2S. The molecule has 0 aliphatic rings. The first-order chi connectivity index (χ1) is 5.72. The first-order valence-electron chi connectivity index (χ1n) is 4.08. The van der Waals surface area contributed by atoms with Crippen LogP contribution in [-0.4, -0.2) is 26.0 Å². The van der Waals surface area contributed by atoms with Crippen molar-refractivity contribution in [1.82, 2.24) is 10.2 Å². The van der Waals surface area contributed by atoms with Gasteiger partial charge in [0.15, 0.2) is 0 Å². The third kappa shape index (κ3) is 2.93. The average Bonchev–Trinajstić information content (AvgIpc) is 2.36. The van der Waals surface area contributed by atoms with Crippen LogP contribution in [-0.2, 0) is 13.1 Å². The van der Waals surface area contributed by atoms with Gasteiger partial charge in [-0.15, -0.1) is 11.3 Å². The molecule has 1 heterocycles. The van der Waals surface area contributed by atoms with Gasteiger partial charge >= 0.3 is 0 Å². The van der Waals surface area contributed by atoms with E-state index in [0.717, 1.165) is 13.1 Å². The van der Waals surface area contributed by atoms with Crippen LogP contribution in [0.2, 0.25) is 0 Å². The molecule has 0 unspecified atom stereocenters. The Morgan fingerprint density at radius 1 is 1.50 bits per heavy atom. The van der Waals surface area contributed by atoms with Gasteiger partial charge in [0.1, 0.15) is 0 Å². The lowest BCUT2D eigenvalue weighted by Crippen LogP contribution is -2.09. The normalized spacial score (nSPS) is 11.0. The van der Waals surface area contributed by atoms with Crippen LogP contribution >= 0.6 is 11.3 Å². The van der Waals surface area contributed by atoms with E-state index in [1.54, 1.807) is 0 Å². The number of nitrogens with zero attached hydrogens (tertiary/aromatic N) is 1. The Morgan fingerprint density at radius 3 is 2.83 bits per heavy atom. The minimum absolute atomic E-state index is 0.984. The van der Waals surface area contributed by atoms with E-state index in [-0.39, 0.29) is 0 Å². The second-order valence-corrected chi connectivity index (χ2v) is 4.19. The second-order valence-electron chi connectivity index (χ2n) is 3.19. The molecule has 0 spiro atoms. The van der Waals surface area contributed by atoms with Gasteiger partial charge in [0.2, 0.25) is 0 Å². The summed E-state index contributed by atoms with van der Waals surface area (Å²) in [4.78, 5) is 3.60. The molecule has 68 valence electrons. The van der Waals surface area contributed by atoms with Crippen LogP contribution in [0.15, 0.2) is 11.4 Å². The molecule has 0 bridgehead atoms. The van der Waals surface area contributed by atoms with Crippen LogP contribution in [0.3, 0.4) is 0 Å². The highest BCUT2D eigenvalue weighted by molar-refractivity contribution is 7.10. The summed E-state index contributed by atoms with van der Waals surface area (Å²) in [5, 5.41) is 5.38. The fourth-order valence-corrected chi connectivity index (χ4v) is 2.03. The minimum atomic E-state index is 0.984. The Hall–Kier alpha value is -0.380. The van der Waals surface area contributed by atoms with Crippen LogP contribution in [0, 0.1) is 0 Å². The lowest BCUT2D eigenvalue weighted by atomic mass is 10.3. The van der Waals surface area contributed by atoms with E-state index >= 15 is 0 Å². The fourth-order valence-electron chi connectivity index (χ4n) is 1.14. The van der Waals surface area contributed by atoms with Crippen LogP contribution in [0.5, 0.6) is 0 Å². The Morgan fingerprint density at radius 2 is 2.25 bits per heavy atom. The monoisotopic (exact) mass is 184 g/mol. The highest BCUT2D eigenvalue weighted by Crippen LogP contribution is 2.15. The van der Waals surface area contributed by atoms with Crippen molar-refractivity contribution in [3.05, 3.63) is 21.9 Å². The zero-order chi connectivity index (χ0) is 8.97. The van der Waals surface area contributed by atoms with Gasteiger partial charge in [0.25, 0.3) is 0 Å². The first kappa shape index (κ1) is 9.71. The van der Waals surface area contributed by atoms with Gasteiger partial charge in [0, 0.05) is 18.0 Å². The molecule has 0 fully saturated rings. The Bertz CT molecular complexity index is 230. The maximum Gasteiger partial charge on any atom is 0.0296 e. The summed E-state index contributed by atoms with van der Waals surface area (Å²) >= 11 is 1.83. The van der Waals surface area contributed by atoms with Crippen molar-refractivity contribution >= 4 is 11.3 Å². The van der Waals surface area contributed by atoms with E-state index in [1.165, 1.54) is 10.4 Å². The van der Waals surface area contributed by atoms with Crippen LogP contribution in [0.25, 0.3) is 0 Å². The highest BCUT2D eigenvalue weighted by Gasteiger charge is 1.99. The van der Waals surface area contributed by atoms with Gasteiger partial charge in [0.05, 0.1) is 0 Å². The van der Waals surface area contributed by atoms with Gasteiger partial charge < -0.3 is 10.2 Å². The maximum atomic E-state index is 3.15. The van der Waals surface area contributed by atoms with E-state index in [1.807, 2.05) is 18.4 Å². The molecule has 0 saturated heterocycles. The summed E-state index contributed by atoms with van der Waals surface area (Å²) in [7, 11) is 6.16. The molecule has 1 aromatic rings.